The normalized spacial score (nSPS) is 14.1. The Labute approximate surface area is 172 Å². The Bertz CT molecular complexity index is 934. The van der Waals surface area contributed by atoms with Crippen molar-refractivity contribution >= 4 is 23.1 Å². The lowest BCUT2D eigenvalue weighted by molar-refractivity contribution is -0.137. The number of amides is 2. The summed E-state index contributed by atoms with van der Waals surface area (Å²) in [7, 11) is 1.62. The van der Waals surface area contributed by atoms with Gasteiger partial charge in [-0.3, -0.25) is 14.5 Å². The van der Waals surface area contributed by atoms with E-state index < -0.39 is 0 Å². The van der Waals surface area contributed by atoms with Crippen LogP contribution in [0.25, 0.3) is 5.57 Å². The van der Waals surface area contributed by atoms with E-state index in [0.717, 1.165) is 22.4 Å². The predicted molar refractivity (Wildman–Crippen MR) is 116 cm³/mol. The van der Waals surface area contributed by atoms with E-state index in [2.05, 4.69) is 0 Å². The molecule has 0 spiro atoms. The fourth-order valence-electron chi connectivity index (χ4n) is 3.80. The summed E-state index contributed by atoms with van der Waals surface area (Å²) in [6.45, 7) is 7.42. The van der Waals surface area contributed by atoms with E-state index in [1.165, 1.54) is 4.90 Å². The number of methoxy groups -OCH3 is 1. The van der Waals surface area contributed by atoms with Crippen molar-refractivity contribution in [1.29, 1.82) is 0 Å². The Morgan fingerprint density at radius 1 is 1.00 bits per heavy atom. The highest BCUT2D eigenvalue weighted by molar-refractivity contribution is 6.37. The zero-order valence-electron chi connectivity index (χ0n) is 17.6. The number of para-hydroxylation sites is 1. The molecular formula is C24H28N2O3. The Kier molecular flexibility index (Phi) is 6.49. The van der Waals surface area contributed by atoms with Gasteiger partial charge in [-0.05, 0) is 50.5 Å². The van der Waals surface area contributed by atoms with Crippen molar-refractivity contribution in [3.8, 4) is 0 Å². The van der Waals surface area contributed by atoms with Crippen molar-refractivity contribution in [2.45, 2.75) is 27.2 Å². The van der Waals surface area contributed by atoms with Gasteiger partial charge in [0.2, 0.25) is 0 Å². The molecule has 1 aliphatic heterocycles. The molecule has 0 N–H and O–H groups in total. The number of ether oxygens (including phenoxy) is 1. The van der Waals surface area contributed by atoms with Gasteiger partial charge < -0.3 is 9.64 Å². The summed E-state index contributed by atoms with van der Waals surface area (Å²) in [5.74, 6) is -0.478. The van der Waals surface area contributed by atoms with Gasteiger partial charge in [-0.25, -0.2) is 0 Å². The molecule has 2 aromatic rings. The second-order valence-corrected chi connectivity index (χ2v) is 7.23. The number of benzene rings is 2. The number of rotatable bonds is 8. The van der Waals surface area contributed by atoms with Gasteiger partial charge >= 0.3 is 0 Å². The molecular weight excluding hydrogens is 364 g/mol. The summed E-state index contributed by atoms with van der Waals surface area (Å²) >= 11 is 0. The van der Waals surface area contributed by atoms with Gasteiger partial charge in [0.15, 0.2) is 0 Å². The van der Waals surface area contributed by atoms with E-state index in [0.29, 0.717) is 37.4 Å². The summed E-state index contributed by atoms with van der Waals surface area (Å²) in [6, 6.07) is 15.7. The first kappa shape index (κ1) is 20.8. The van der Waals surface area contributed by atoms with Crippen LogP contribution in [0.3, 0.4) is 0 Å². The first-order valence-electron chi connectivity index (χ1n) is 9.99. The summed E-state index contributed by atoms with van der Waals surface area (Å²) < 4.78 is 5.11. The highest BCUT2D eigenvalue weighted by atomic mass is 16.5. The van der Waals surface area contributed by atoms with Crippen LogP contribution >= 0.6 is 0 Å². The third-order valence-electron chi connectivity index (χ3n) is 5.18. The van der Waals surface area contributed by atoms with E-state index in [-0.39, 0.29) is 11.8 Å². The summed E-state index contributed by atoms with van der Waals surface area (Å²) in [6.07, 6.45) is 0.610. The topological polar surface area (TPSA) is 49.9 Å². The van der Waals surface area contributed by atoms with Gasteiger partial charge in [-0.2, -0.15) is 0 Å². The monoisotopic (exact) mass is 392 g/mol. The molecule has 0 atom stereocenters. The van der Waals surface area contributed by atoms with Crippen molar-refractivity contribution in [3.05, 3.63) is 70.9 Å². The summed E-state index contributed by atoms with van der Waals surface area (Å²) in [4.78, 5) is 30.1. The van der Waals surface area contributed by atoms with Crippen molar-refractivity contribution in [2.75, 3.05) is 31.7 Å². The molecule has 1 aliphatic rings. The Morgan fingerprint density at radius 2 is 1.72 bits per heavy atom. The summed E-state index contributed by atoms with van der Waals surface area (Å²) in [5.41, 5.74) is 4.75. The maximum absolute atomic E-state index is 13.4. The first-order chi connectivity index (χ1) is 14.0. The minimum absolute atomic E-state index is 0.234. The van der Waals surface area contributed by atoms with Gasteiger partial charge in [0.25, 0.3) is 11.8 Å². The fourth-order valence-corrected chi connectivity index (χ4v) is 3.80. The molecule has 0 aromatic heterocycles. The molecule has 5 nitrogen and oxygen atoms in total. The number of nitrogens with zero attached hydrogens (tertiary/aromatic N) is 2. The van der Waals surface area contributed by atoms with Gasteiger partial charge in [-0.1, -0.05) is 42.0 Å². The molecule has 0 saturated heterocycles. The SMILES string of the molecule is CCN(C1=C(c2ccc(C)cc2C)C(=O)N(CCCOC)C1=O)c1ccccc1. The van der Waals surface area contributed by atoms with Crippen LogP contribution in [-0.2, 0) is 14.3 Å². The zero-order valence-corrected chi connectivity index (χ0v) is 17.6. The lowest BCUT2D eigenvalue weighted by atomic mass is 9.97. The number of carbonyl (C=O) groups is 2. The lowest BCUT2D eigenvalue weighted by Gasteiger charge is -2.25. The molecule has 2 amide bonds. The molecule has 152 valence electrons. The van der Waals surface area contributed by atoms with Crippen LogP contribution in [0.5, 0.6) is 0 Å². The average Bonchev–Trinajstić information content (AvgIpc) is 2.95. The highest BCUT2D eigenvalue weighted by Gasteiger charge is 2.41. The number of carbonyl (C=O) groups excluding carboxylic acids is 2. The molecule has 0 bridgehead atoms. The van der Waals surface area contributed by atoms with Crippen LogP contribution in [0, 0.1) is 13.8 Å². The molecule has 0 saturated carbocycles. The second-order valence-electron chi connectivity index (χ2n) is 7.23. The molecule has 3 rings (SSSR count). The molecule has 0 fully saturated rings. The van der Waals surface area contributed by atoms with E-state index in [1.807, 2.05) is 74.2 Å². The van der Waals surface area contributed by atoms with Gasteiger partial charge in [0.1, 0.15) is 5.70 Å². The maximum atomic E-state index is 13.4. The van der Waals surface area contributed by atoms with Crippen LogP contribution in [0.4, 0.5) is 5.69 Å². The minimum Gasteiger partial charge on any atom is -0.385 e. The molecule has 29 heavy (non-hydrogen) atoms. The van der Waals surface area contributed by atoms with E-state index in [9.17, 15) is 9.59 Å². The van der Waals surface area contributed by atoms with E-state index >= 15 is 0 Å². The van der Waals surface area contributed by atoms with Crippen molar-refractivity contribution in [1.82, 2.24) is 4.90 Å². The van der Waals surface area contributed by atoms with Crippen LogP contribution in [0.2, 0.25) is 0 Å². The number of imide groups is 1. The Hall–Kier alpha value is -2.92. The molecule has 0 aliphatic carbocycles. The van der Waals surface area contributed by atoms with E-state index in [4.69, 9.17) is 4.74 Å². The predicted octanol–water partition coefficient (Wildman–Crippen LogP) is 3.95. The Morgan fingerprint density at radius 3 is 2.34 bits per heavy atom. The number of hydrogen-bond acceptors (Lipinski definition) is 4. The number of hydrogen-bond donors (Lipinski definition) is 0. The van der Waals surface area contributed by atoms with Crippen LogP contribution in [-0.4, -0.2) is 43.5 Å². The van der Waals surface area contributed by atoms with Crippen molar-refractivity contribution in [2.24, 2.45) is 0 Å². The average molecular weight is 392 g/mol. The van der Waals surface area contributed by atoms with Crippen LogP contribution in [0.15, 0.2) is 54.2 Å². The largest absolute Gasteiger partial charge is 0.385 e. The molecule has 0 radical (unpaired) electrons. The molecule has 2 aromatic carbocycles. The molecule has 5 heteroatoms. The van der Waals surface area contributed by atoms with Gasteiger partial charge in [0.05, 0.1) is 5.57 Å². The summed E-state index contributed by atoms with van der Waals surface area (Å²) in [5, 5.41) is 0. The van der Waals surface area contributed by atoms with Crippen LogP contribution in [0.1, 0.15) is 30.0 Å². The van der Waals surface area contributed by atoms with Crippen molar-refractivity contribution < 1.29 is 14.3 Å². The van der Waals surface area contributed by atoms with Gasteiger partial charge in [-0.15, -0.1) is 0 Å². The number of likely N-dealkylation sites (N-methyl/N-ethyl adjacent to an activating group) is 1. The molecule has 1 heterocycles. The highest BCUT2D eigenvalue weighted by Crippen LogP contribution is 2.35. The second kappa shape index (κ2) is 9.05. The van der Waals surface area contributed by atoms with Gasteiger partial charge in [0, 0.05) is 32.5 Å². The quantitative estimate of drug-likeness (QED) is 0.504. The maximum Gasteiger partial charge on any atom is 0.278 e. The first-order valence-corrected chi connectivity index (χ1v) is 9.99. The van der Waals surface area contributed by atoms with Crippen molar-refractivity contribution in [3.63, 3.8) is 0 Å². The number of anilines is 1. The van der Waals surface area contributed by atoms with E-state index in [1.54, 1.807) is 7.11 Å². The number of aryl methyl sites for hydroxylation is 2. The molecule has 0 unspecified atom stereocenters. The fraction of sp³-hybridized carbons (Fsp3) is 0.333. The smallest absolute Gasteiger partial charge is 0.278 e. The third-order valence-corrected chi connectivity index (χ3v) is 5.18. The standard InChI is InChI=1S/C24H28N2O3/c1-5-25(19-10-7-6-8-11-19)22-21(20-13-12-17(2)16-18(20)3)23(27)26(24(22)28)14-9-15-29-4/h6-8,10-13,16H,5,9,14-15H2,1-4H3. The Balaban J connectivity index is 2.14. The zero-order chi connectivity index (χ0) is 21.0. The lowest BCUT2D eigenvalue weighted by Crippen LogP contribution is -2.36. The third kappa shape index (κ3) is 4.10. The minimum atomic E-state index is -0.244. The van der Waals surface area contributed by atoms with Crippen LogP contribution < -0.4 is 4.90 Å².